The normalized spacial score (nSPS) is 15.4. The molecule has 5 heteroatoms. The van der Waals surface area contributed by atoms with Gasteiger partial charge in [0.2, 0.25) is 0 Å². The first-order chi connectivity index (χ1) is 8.34. The molecule has 17 heavy (non-hydrogen) atoms. The van der Waals surface area contributed by atoms with Gasteiger partial charge in [-0.2, -0.15) is 11.3 Å². The lowest BCUT2D eigenvalue weighted by Crippen LogP contribution is -2.27. The summed E-state index contributed by atoms with van der Waals surface area (Å²) in [6.45, 7) is 1.76. The average Bonchev–Trinajstić information content (AvgIpc) is 3.09. The van der Waals surface area contributed by atoms with E-state index in [1.807, 2.05) is 21.7 Å². The fraction of sp³-hybridized carbons (Fsp3) is 0.333. The molecule has 0 atom stereocenters. The summed E-state index contributed by atoms with van der Waals surface area (Å²) in [5.41, 5.74) is 1.71. The SMILES string of the molecule is O=C(c1csc(-c2ccsc2)n1)N1CCCC1. The van der Waals surface area contributed by atoms with Gasteiger partial charge in [-0.25, -0.2) is 4.98 Å². The molecule has 2 aromatic rings. The Morgan fingerprint density at radius 3 is 2.82 bits per heavy atom. The zero-order valence-electron chi connectivity index (χ0n) is 9.26. The van der Waals surface area contributed by atoms with Gasteiger partial charge in [0.25, 0.3) is 5.91 Å². The highest BCUT2D eigenvalue weighted by atomic mass is 32.1. The highest BCUT2D eigenvalue weighted by Gasteiger charge is 2.21. The maximum atomic E-state index is 12.1. The second kappa shape index (κ2) is 4.58. The maximum Gasteiger partial charge on any atom is 0.273 e. The van der Waals surface area contributed by atoms with E-state index < -0.39 is 0 Å². The smallest absolute Gasteiger partial charge is 0.273 e. The number of hydrogen-bond donors (Lipinski definition) is 0. The molecule has 3 nitrogen and oxygen atoms in total. The van der Waals surface area contributed by atoms with E-state index in [4.69, 9.17) is 0 Å². The summed E-state index contributed by atoms with van der Waals surface area (Å²) < 4.78 is 0. The molecule has 0 aliphatic carbocycles. The molecule has 1 saturated heterocycles. The molecule has 0 unspecified atom stereocenters. The Bertz CT molecular complexity index is 512. The van der Waals surface area contributed by atoms with Crippen LogP contribution in [0.25, 0.3) is 10.6 Å². The summed E-state index contributed by atoms with van der Waals surface area (Å²) in [6.07, 6.45) is 2.24. The number of thiophene rings is 1. The molecule has 0 saturated carbocycles. The Labute approximate surface area is 108 Å². The molecule has 0 N–H and O–H groups in total. The van der Waals surface area contributed by atoms with E-state index >= 15 is 0 Å². The summed E-state index contributed by atoms with van der Waals surface area (Å²) in [5.74, 6) is 0.0835. The summed E-state index contributed by atoms with van der Waals surface area (Å²) in [7, 11) is 0. The van der Waals surface area contributed by atoms with Crippen LogP contribution in [0.1, 0.15) is 23.3 Å². The lowest BCUT2D eigenvalue weighted by Gasteiger charge is -2.12. The Balaban J connectivity index is 1.82. The van der Waals surface area contributed by atoms with E-state index in [1.54, 1.807) is 22.7 Å². The monoisotopic (exact) mass is 264 g/mol. The molecule has 1 aliphatic heterocycles. The van der Waals surface area contributed by atoms with Gasteiger partial charge < -0.3 is 4.90 Å². The van der Waals surface area contributed by atoms with Crippen LogP contribution in [0.5, 0.6) is 0 Å². The summed E-state index contributed by atoms with van der Waals surface area (Å²) in [4.78, 5) is 18.4. The van der Waals surface area contributed by atoms with E-state index in [0.717, 1.165) is 36.5 Å². The topological polar surface area (TPSA) is 33.2 Å². The fourth-order valence-corrected chi connectivity index (χ4v) is 3.48. The van der Waals surface area contributed by atoms with Gasteiger partial charge in [0.1, 0.15) is 10.7 Å². The van der Waals surface area contributed by atoms with Gasteiger partial charge in [0, 0.05) is 29.4 Å². The second-order valence-electron chi connectivity index (χ2n) is 4.05. The molecular formula is C12H12N2OS2. The number of aromatic nitrogens is 1. The second-order valence-corrected chi connectivity index (χ2v) is 5.69. The van der Waals surface area contributed by atoms with Crippen molar-refractivity contribution in [3.8, 4) is 10.6 Å². The van der Waals surface area contributed by atoms with Crippen molar-refractivity contribution in [1.29, 1.82) is 0 Å². The molecule has 1 aliphatic rings. The predicted octanol–water partition coefficient (Wildman–Crippen LogP) is 3.11. The number of hydrogen-bond acceptors (Lipinski definition) is 4. The third-order valence-electron chi connectivity index (χ3n) is 2.88. The first-order valence-electron chi connectivity index (χ1n) is 5.62. The van der Waals surface area contributed by atoms with Crippen molar-refractivity contribution in [2.75, 3.05) is 13.1 Å². The van der Waals surface area contributed by atoms with Crippen molar-refractivity contribution in [3.63, 3.8) is 0 Å². The van der Waals surface area contributed by atoms with Gasteiger partial charge in [-0.3, -0.25) is 4.79 Å². The van der Waals surface area contributed by atoms with Crippen LogP contribution >= 0.6 is 22.7 Å². The fourth-order valence-electron chi connectivity index (χ4n) is 1.97. The van der Waals surface area contributed by atoms with Crippen molar-refractivity contribution in [2.24, 2.45) is 0 Å². The number of nitrogens with zero attached hydrogens (tertiary/aromatic N) is 2. The van der Waals surface area contributed by atoms with E-state index in [9.17, 15) is 4.79 Å². The molecule has 0 aromatic carbocycles. The minimum Gasteiger partial charge on any atom is -0.337 e. The molecule has 3 heterocycles. The Morgan fingerprint density at radius 2 is 2.12 bits per heavy atom. The number of amides is 1. The summed E-state index contributed by atoms with van der Waals surface area (Å²) in [5, 5.41) is 6.89. The molecule has 0 bridgehead atoms. The van der Waals surface area contributed by atoms with E-state index in [-0.39, 0.29) is 5.91 Å². The highest BCUT2D eigenvalue weighted by Crippen LogP contribution is 2.26. The van der Waals surface area contributed by atoms with Gasteiger partial charge >= 0.3 is 0 Å². The highest BCUT2D eigenvalue weighted by molar-refractivity contribution is 7.14. The summed E-state index contributed by atoms with van der Waals surface area (Å²) in [6, 6.07) is 2.04. The number of thiazole rings is 1. The minimum absolute atomic E-state index is 0.0835. The van der Waals surface area contributed by atoms with Crippen LogP contribution in [0.15, 0.2) is 22.2 Å². The van der Waals surface area contributed by atoms with Crippen LogP contribution in [0.4, 0.5) is 0 Å². The molecule has 88 valence electrons. The van der Waals surface area contributed by atoms with Gasteiger partial charge in [-0.1, -0.05) is 0 Å². The Hall–Kier alpha value is -1.20. The van der Waals surface area contributed by atoms with Crippen LogP contribution in [0.3, 0.4) is 0 Å². The molecule has 1 amide bonds. The molecular weight excluding hydrogens is 252 g/mol. The zero-order valence-corrected chi connectivity index (χ0v) is 10.9. The minimum atomic E-state index is 0.0835. The van der Waals surface area contributed by atoms with E-state index in [2.05, 4.69) is 10.4 Å². The zero-order chi connectivity index (χ0) is 11.7. The van der Waals surface area contributed by atoms with Crippen molar-refractivity contribution >= 4 is 28.6 Å². The molecule has 1 fully saturated rings. The Kier molecular flexibility index (Phi) is 2.94. The van der Waals surface area contributed by atoms with Crippen LogP contribution in [-0.4, -0.2) is 28.9 Å². The standard InChI is InChI=1S/C12H12N2OS2/c15-12(14-4-1-2-5-14)10-8-17-11(13-10)9-3-6-16-7-9/h3,6-8H,1-2,4-5H2. The number of carbonyl (C=O) groups is 1. The molecule has 2 aromatic heterocycles. The van der Waals surface area contributed by atoms with Crippen LogP contribution in [0.2, 0.25) is 0 Å². The van der Waals surface area contributed by atoms with Gasteiger partial charge in [-0.15, -0.1) is 11.3 Å². The third-order valence-corrected chi connectivity index (χ3v) is 4.46. The maximum absolute atomic E-state index is 12.1. The van der Waals surface area contributed by atoms with Gasteiger partial charge in [0.05, 0.1) is 0 Å². The lowest BCUT2D eigenvalue weighted by molar-refractivity contribution is 0.0788. The first kappa shape index (κ1) is 10.9. The van der Waals surface area contributed by atoms with Crippen molar-refractivity contribution in [2.45, 2.75) is 12.8 Å². The quantitative estimate of drug-likeness (QED) is 0.835. The van der Waals surface area contributed by atoms with Crippen molar-refractivity contribution in [3.05, 3.63) is 27.9 Å². The molecule has 0 spiro atoms. The molecule has 0 radical (unpaired) electrons. The summed E-state index contributed by atoms with van der Waals surface area (Å²) >= 11 is 3.19. The Morgan fingerprint density at radius 1 is 1.29 bits per heavy atom. The van der Waals surface area contributed by atoms with E-state index in [1.165, 1.54) is 0 Å². The first-order valence-corrected chi connectivity index (χ1v) is 7.44. The van der Waals surface area contributed by atoms with Crippen LogP contribution < -0.4 is 0 Å². The third kappa shape index (κ3) is 2.12. The van der Waals surface area contributed by atoms with Crippen LogP contribution in [0, 0.1) is 0 Å². The van der Waals surface area contributed by atoms with Gasteiger partial charge in [-0.05, 0) is 24.3 Å². The lowest BCUT2D eigenvalue weighted by atomic mass is 10.3. The number of rotatable bonds is 2. The van der Waals surface area contributed by atoms with Gasteiger partial charge in [0.15, 0.2) is 0 Å². The number of likely N-dealkylation sites (tertiary alicyclic amines) is 1. The van der Waals surface area contributed by atoms with Crippen molar-refractivity contribution < 1.29 is 4.79 Å². The van der Waals surface area contributed by atoms with E-state index in [0.29, 0.717) is 5.69 Å². The number of carbonyl (C=O) groups excluding carboxylic acids is 1. The average molecular weight is 264 g/mol. The molecule has 3 rings (SSSR count). The van der Waals surface area contributed by atoms with Crippen LogP contribution in [-0.2, 0) is 0 Å². The van der Waals surface area contributed by atoms with Crippen molar-refractivity contribution in [1.82, 2.24) is 9.88 Å². The largest absolute Gasteiger partial charge is 0.337 e. The predicted molar refractivity (Wildman–Crippen MR) is 70.6 cm³/mol.